The largest absolute Gasteiger partial charge is 0.326 e. The van der Waals surface area contributed by atoms with Crippen molar-refractivity contribution in [3.8, 4) is 0 Å². The first kappa shape index (κ1) is 14.5. The first-order valence-electron chi connectivity index (χ1n) is 6.74. The monoisotopic (exact) mass is 282 g/mol. The standard InChI is InChI=1S/C14H22N2O2S/c1-16(10-12-5-4-6-12)19(17,18)11-14-8-3-2-7-13(14)9-15/h2-3,7-8,12H,4-6,9-11,15H2,1H3. The highest BCUT2D eigenvalue weighted by molar-refractivity contribution is 7.88. The van der Waals surface area contributed by atoms with Crippen LogP contribution in [0.15, 0.2) is 24.3 Å². The summed E-state index contributed by atoms with van der Waals surface area (Å²) in [6.45, 7) is 1.02. The molecule has 19 heavy (non-hydrogen) atoms. The maximum absolute atomic E-state index is 12.3. The van der Waals surface area contributed by atoms with Crippen molar-refractivity contribution >= 4 is 10.0 Å². The normalized spacial score (nSPS) is 16.6. The molecule has 2 rings (SSSR count). The Morgan fingerprint density at radius 3 is 2.42 bits per heavy atom. The number of nitrogens with two attached hydrogens (primary N) is 1. The lowest BCUT2D eigenvalue weighted by Crippen LogP contribution is -2.35. The van der Waals surface area contributed by atoms with Crippen LogP contribution in [0.4, 0.5) is 0 Å². The van der Waals surface area contributed by atoms with Crippen LogP contribution in [0.3, 0.4) is 0 Å². The van der Waals surface area contributed by atoms with Crippen molar-refractivity contribution in [3.05, 3.63) is 35.4 Å². The van der Waals surface area contributed by atoms with Crippen LogP contribution in [0.2, 0.25) is 0 Å². The third-order valence-electron chi connectivity index (χ3n) is 3.89. The summed E-state index contributed by atoms with van der Waals surface area (Å²) in [7, 11) is -1.56. The highest BCUT2D eigenvalue weighted by Gasteiger charge is 2.25. The third-order valence-corrected chi connectivity index (χ3v) is 5.67. The van der Waals surface area contributed by atoms with Crippen molar-refractivity contribution in [3.63, 3.8) is 0 Å². The lowest BCUT2D eigenvalue weighted by atomic mass is 9.86. The molecule has 0 amide bonds. The predicted octanol–water partition coefficient (Wildman–Crippen LogP) is 1.71. The molecule has 0 aliphatic heterocycles. The molecule has 1 aromatic rings. The highest BCUT2D eigenvalue weighted by atomic mass is 32.2. The minimum atomic E-state index is -3.24. The summed E-state index contributed by atoms with van der Waals surface area (Å²) < 4.78 is 26.2. The van der Waals surface area contributed by atoms with Gasteiger partial charge in [0, 0.05) is 20.1 Å². The van der Waals surface area contributed by atoms with Crippen molar-refractivity contribution in [1.82, 2.24) is 4.31 Å². The Morgan fingerprint density at radius 2 is 1.89 bits per heavy atom. The molecule has 0 unspecified atom stereocenters. The van der Waals surface area contributed by atoms with E-state index in [-0.39, 0.29) is 5.75 Å². The molecule has 0 spiro atoms. The van der Waals surface area contributed by atoms with Crippen molar-refractivity contribution in [2.75, 3.05) is 13.6 Å². The zero-order chi connectivity index (χ0) is 13.9. The molecule has 1 aromatic carbocycles. The van der Waals surface area contributed by atoms with Crippen LogP contribution >= 0.6 is 0 Å². The van der Waals surface area contributed by atoms with Crippen molar-refractivity contribution in [2.24, 2.45) is 11.7 Å². The minimum absolute atomic E-state index is 0.0452. The fraction of sp³-hybridized carbons (Fsp3) is 0.571. The molecule has 0 radical (unpaired) electrons. The van der Waals surface area contributed by atoms with E-state index in [1.54, 1.807) is 7.05 Å². The van der Waals surface area contributed by atoms with Gasteiger partial charge in [-0.1, -0.05) is 30.7 Å². The molecular weight excluding hydrogens is 260 g/mol. The molecule has 106 valence electrons. The van der Waals surface area contributed by atoms with Crippen molar-refractivity contribution in [1.29, 1.82) is 0 Å². The van der Waals surface area contributed by atoms with Crippen LogP contribution in [0.25, 0.3) is 0 Å². The second kappa shape index (κ2) is 6.03. The van der Waals surface area contributed by atoms with Gasteiger partial charge < -0.3 is 5.73 Å². The van der Waals surface area contributed by atoms with Gasteiger partial charge >= 0.3 is 0 Å². The van der Waals surface area contributed by atoms with Gasteiger partial charge in [-0.3, -0.25) is 0 Å². The molecular formula is C14H22N2O2S. The van der Waals surface area contributed by atoms with Crippen LogP contribution in [0.5, 0.6) is 0 Å². The van der Waals surface area contributed by atoms with Gasteiger partial charge in [0.2, 0.25) is 10.0 Å². The molecule has 4 nitrogen and oxygen atoms in total. The smallest absolute Gasteiger partial charge is 0.218 e. The van der Waals surface area contributed by atoms with Gasteiger partial charge in [0.25, 0.3) is 0 Å². The summed E-state index contributed by atoms with van der Waals surface area (Å²) in [5, 5.41) is 0. The second-order valence-electron chi connectivity index (χ2n) is 5.31. The number of sulfonamides is 1. The Balaban J connectivity index is 2.06. The molecule has 5 heteroatoms. The molecule has 1 fully saturated rings. The van der Waals surface area contributed by atoms with E-state index in [0.29, 0.717) is 19.0 Å². The van der Waals surface area contributed by atoms with E-state index in [9.17, 15) is 8.42 Å². The Hall–Kier alpha value is -0.910. The average molecular weight is 282 g/mol. The SMILES string of the molecule is CN(CC1CCC1)S(=O)(=O)Cc1ccccc1CN. The number of benzene rings is 1. The van der Waals surface area contributed by atoms with Crippen molar-refractivity contribution < 1.29 is 8.42 Å². The summed E-state index contributed by atoms with van der Waals surface area (Å²) >= 11 is 0. The Labute approximate surface area is 115 Å². The summed E-state index contributed by atoms with van der Waals surface area (Å²) in [5.41, 5.74) is 7.36. The summed E-state index contributed by atoms with van der Waals surface area (Å²) in [6, 6.07) is 7.47. The molecule has 0 bridgehead atoms. The van der Waals surface area contributed by atoms with E-state index in [2.05, 4.69) is 0 Å². The fourth-order valence-electron chi connectivity index (χ4n) is 2.36. The minimum Gasteiger partial charge on any atom is -0.326 e. The molecule has 0 atom stereocenters. The van der Waals surface area contributed by atoms with Gasteiger partial charge in [0.15, 0.2) is 0 Å². The maximum Gasteiger partial charge on any atom is 0.218 e. The lowest BCUT2D eigenvalue weighted by Gasteiger charge is -2.29. The molecule has 1 saturated carbocycles. The average Bonchev–Trinajstić information content (AvgIpc) is 2.33. The molecule has 0 saturated heterocycles. The Bertz CT molecular complexity index is 524. The molecule has 2 N–H and O–H groups in total. The van der Waals surface area contributed by atoms with Crippen LogP contribution in [0, 0.1) is 5.92 Å². The van der Waals surface area contributed by atoms with E-state index >= 15 is 0 Å². The summed E-state index contributed by atoms with van der Waals surface area (Å²) in [6.07, 6.45) is 3.53. The van der Waals surface area contributed by atoms with Crippen LogP contribution in [-0.4, -0.2) is 26.3 Å². The Morgan fingerprint density at radius 1 is 1.26 bits per heavy atom. The van der Waals surface area contributed by atoms with Gasteiger partial charge in [-0.15, -0.1) is 0 Å². The summed E-state index contributed by atoms with van der Waals surface area (Å²) in [5.74, 6) is 0.591. The van der Waals surface area contributed by atoms with Crippen LogP contribution < -0.4 is 5.73 Å². The number of hydrogen-bond acceptors (Lipinski definition) is 3. The summed E-state index contributed by atoms with van der Waals surface area (Å²) in [4.78, 5) is 0. The van der Waals surface area contributed by atoms with Crippen LogP contribution in [-0.2, 0) is 22.3 Å². The first-order valence-corrected chi connectivity index (χ1v) is 8.34. The third kappa shape index (κ3) is 3.55. The quantitative estimate of drug-likeness (QED) is 0.864. The molecule has 1 aliphatic carbocycles. The lowest BCUT2D eigenvalue weighted by molar-refractivity contribution is 0.263. The van der Waals surface area contributed by atoms with Gasteiger partial charge in [0.1, 0.15) is 0 Å². The van der Waals surface area contributed by atoms with E-state index in [1.165, 1.54) is 10.7 Å². The topological polar surface area (TPSA) is 63.4 Å². The van der Waals surface area contributed by atoms with E-state index in [1.807, 2.05) is 24.3 Å². The number of nitrogens with zero attached hydrogens (tertiary/aromatic N) is 1. The van der Waals surface area contributed by atoms with E-state index < -0.39 is 10.0 Å². The second-order valence-corrected chi connectivity index (χ2v) is 7.38. The zero-order valence-electron chi connectivity index (χ0n) is 11.4. The number of hydrogen-bond donors (Lipinski definition) is 1. The first-order chi connectivity index (χ1) is 9.03. The zero-order valence-corrected chi connectivity index (χ0v) is 12.2. The van der Waals surface area contributed by atoms with Gasteiger partial charge in [-0.05, 0) is 29.9 Å². The number of rotatable bonds is 6. The van der Waals surface area contributed by atoms with Crippen molar-refractivity contribution in [2.45, 2.75) is 31.6 Å². The van der Waals surface area contributed by atoms with Gasteiger partial charge in [0.05, 0.1) is 5.75 Å². The van der Waals surface area contributed by atoms with Crippen LogP contribution in [0.1, 0.15) is 30.4 Å². The predicted molar refractivity (Wildman–Crippen MR) is 76.9 cm³/mol. The van der Waals surface area contributed by atoms with Gasteiger partial charge in [-0.2, -0.15) is 0 Å². The highest BCUT2D eigenvalue weighted by Crippen LogP contribution is 2.28. The maximum atomic E-state index is 12.3. The van der Waals surface area contributed by atoms with E-state index in [4.69, 9.17) is 5.73 Å². The Kier molecular flexibility index (Phi) is 4.60. The molecule has 0 aromatic heterocycles. The molecule has 0 heterocycles. The fourth-order valence-corrected chi connectivity index (χ4v) is 3.69. The van der Waals surface area contributed by atoms with Gasteiger partial charge in [-0.25, -0.2) is 12.7 Å². The molecule has 1 aliphatic rings. The van der Waals surface area contributed by atoms with E-state index in [0.717, 1.165) is 24.0 Å².